The van der Waals surface area contributed by atoms with Gasteiger partial charge in [-0.2, -0.15) is 4.91 Å². The van der Waals surface area contributed by atoms with Gasteiger partial charge in [-0.1, -0.05) is 68.7 Å². The molecule has 55 heavy (non-hydrogen) atoms. The van der Waals surface area contributed by atoms with E-state index in [0.717, 1.165) is 24.8 Å². The highest BCUT2D eigenvalue weighted by atomic mass is 16.7. The van der Waals surface area contributed by atoms with Gasteiger partial charge in [0.15, 0.2) is 12.1 Å². The van der Waals surface area contributed by atoms with E-state index in [0.29, 0.717) is 55.1 Å². The lowest BCUT2D eigenvalue weighted by molar-refractivity contribution is -0.342. The van der Waals surface area contributed by atoms with Crippen molar-refractivity contribution in [2.24, 2.45) is 28.8 Å². The summed E-state index contributed by atoms with van der Waals surface area (Å²) in [5.41, 5.74) is 0.188. The Morgan fingerprint density at radius 1 is 1.00 bits per heavy atom. The topological polar surface area (TPSA) is 152 Å². The van der Waals surface area contributed by atoms with E-state index in [9.17, 15) is 19.9 Å². The second kappa shape index (κ2) is 16.9. The van der Waals surface area contributed by atoms with Gasteiger partial charge in [-0.05, 0) is 75.0 Å². The summed E-state index contributed by atoms with van der Waals surface area (Å²) in [4.78, 5) is 26.5. The molecule has 5 heterocycles. The molecule has 0 aromatic rings. The summed E-state index contributed by atoms with van der Waals surface area (Å²) in [7, 11) is 1.58. The first-order valence-corrected chi connectivity index (χ1v) is 20.8. The monoisotopic (exact) mass is 769 g/mol. The highest BCUT2D eigenvalue weighted by molar-refractivity contribution is 5.78. The van der Waals surface area contributed by atoms with Crippen LogP contribution in [0.5, 0.6) is 0 Å². The molecule has 1 saturated carbocycles. The maximum Gasteiger partial charge on any atom is 0.316 e. The quantitative estimate of drug-likeness (QED) is 0.182. The van der Waals surface area contributed by atoms with E-state index in [1.54, 1.807) is 26.2 Å². The standard InChI is InChI=1S/C43H63NO11/c1-24-11-10-14-30-23-50-40-36(44-48)27(4)19-33(43(30,40)47)41(46)52-32-20-31(16-15-25(2)38(24)53-35-21-34(49-6)37(45)28(5)51-35)54-42(22-32)18-17-26(3)39(55-42)29-12-8-7-9-13-29/h10-11,14-15,19,24,26,28-29,31-40,45,47H,7-9,12-13,16-18,20-23H2,1-6H3/t24-,26-,28?,31+,32-,33-,34+,35-,36?,37-,38-,39-,40+,42?,43+/m0/s1. The van der Waals surface area contributed by atoms with E-state index in [1.807, 2.05) is 26.0 Å². The third kappa shape index (κ3) is 8.22. The average molecular weight is 770 g/mol. The Morgan fingerprint density at radius 3 is 2.53 bits per heavy atom. The van der Waals surface area contributed by atoms with Gasteiger partial charge in [-0.25, -0.2) is 0 Å². The van der Waals surface area contributed by atoms with Crippen molar-refractivity contribution in [2.45, 2.75) is 178 Å². The SMILES string of the molecule is CO[C@@H]1C[C@H](O[C@@H]2C(C)=CC[C@@H]3C[C@@H](CC4(CC[C@H](C)[C@@H](C5CCCCC5)O4)O3)OC(=O)[C@@H]3C=C(C)C(N=O)[C@H]4OCC(=CC=C[C@@H]2C)[C@]43O)OC(C)[C@@H]1O. The number of nitrogens with zero attached hydrogens (tertiary/aromatic N) is 1. The predicted octanol–water partition coefficient (Wildman–Crippen LogP) is 6.37. The molecule has 12 nitrogen and oxygen atoms in total. The molecule has 7 aliphatic rings. The highest BCUT2D eigenvalue weighted by Gasteiger charge is 2.61. The number of methoxy groups -OCH3 is 1. The van der Waals surface area contributed by atoms with Crippen LogP contribution in [0, 0.1) is 28.6 Å². The summed E-state index contributed by atoms with van der Waals surface area (Å²) in [6.07, 6.45) is 14.3. The van der Waals surface area contributed by atoms with Gasteiger partial charge in [0.2, 0.25) is 0 Å². The van der Waals surface area contributed by atoms with E-state index in [-0.39, 0.29) is 24.7 Å². The first kappa shape index (κ1) is 40.9. The molecule has 0 aromatic carbocycles. The molecule has 5 fully saturated rings. The summed E-state index contributed by atoms with van der Waals surface area (Å²) < 4.78 is 45.1. The van der Waals surface area contributed by atoms with E-state index < -0.39 is 72.2 Å². The van der Waals surface area contributed by atoms with Crippen LogP contribution < -0.4 is 0 Å². The van der Waals surface area contributed by atoms with E-state index in [4.69, 9.17) is 33.2 Å². The lowest BCUT2D eigenvalue weighted by Gasteiger charge is -2.51. The molecule has 7 rings (SSSR count). The fraction of sp³-hybridized carbons (Fsp3) is 0.791. The molecular formula is C43H63NO11. The maximum absolute atomic E-state index is 14.4. The van der Waals surface area contributed by atoms with Crippen molar-refractivity contribution in [2.75, 3.05) is 13.7 Å². The Morgan fingerprint density at radius 2 is 1.78 bits per heavy atom. The van der Waals surface area contributed by atoms with Gasteiger partial charge in [0.1, 0.15) is 35.9 Å². The molecule has 0 amide bonds. The van der Waals surface area contributed by atoms with Gasteiger partial charge in [0.05, 0.1) is 37.1 Å². The molecule has 3 unspecified atom stereocenters. The molecule has 4 saturated heterocycles. The average Bonchev–Trinajstić information content (AvgIpc) is 3.50. The number of aliphatic hydroxyl groups is 2. The lowest BCUT2D eigenvalue weighted by Crippen LogP contribution is -2.58. The lowest BCUT2D eigenvalue weighted by atomic mass is 9.70. The van der Waals surface area contributed by atoms with Crippen LogP contribution >= 0.6 is 0 Å². The van der Waals surface area contributed by atoms with Crippen molar-refractivity contribution >= 4 is 5.97 Å². The maximum atomic E-state index is 14.4. The molecule has 306 valence electrons. The highest BCUT2D eigenvalue weighted by Crippen LogP contribution is 2.49. The third-order valence-electron chi connectivity index (χ3n) is 13.7. The van der Waals surface area contributed by atoms with Gasteiger partial charge < -0.3 is 43.4 Å². The van der Waals surface area contributed by atoms with Crippen LogP contribution in [0.15, 0.2) is 52.3 Å². The van der Waals surface area contributed by atoms with Gasteiger partial charge >= 0.3 is 5.97 Å². The molecule has 12 heteroatoms. The molecule has 15 atom stereocenters. The van der Waals surface area contributed by atoms with Crippen LogP contribution in [0.2, 0.25) is 0 Å². The number of aliphatic hydroxyl groups excluding tert-OH is 1. The molecule has 1 spiro atoms. The number of ether oxygens (including phenoxy) is 7. The van der Waals surface area contributed by atoms with Crippen LogP contribution in [-0.4, -0.2) is 102 Å². The summed E-state index contributed by atoms with van der Waals surface area (Å²) in [5.74, 6) is -1.86. The molecule has 0 aromatic heterocycles. The Balaban J connectivity index is 1.25. The van der Waals surface area contributed by atoms with E-state index >= 15 is 0 Å². The molecule has 2 bridgehead atoms. The van der Waals surface area contributed by atoms with Crippen LogP contribution in [0.3, 0.4) is 0 Å². The van der Waals surface area contributed by atoms with Gasteiger partial charge in [-0.3, -0.25) is 4.79 Å². The van der Waals surface area contributed by atoms with Crippen molar-refractivity contribution < 1.29 is 48.2 Å². The number of esters is 1. The van der Waals surface area contributed by atoms with Crippen molar-refractivity contribution in [3.8, 4) is 0 Å². The van der Waals surface area contributed by atoms with Crippen LogP contribution in [0.25, 0.3) is 0 Å². The normalized spacial score (nSPS) is 45.9. The van der Waals surface area contributed by atoms with Crippen molar-refractivity contribution in [3.05, 3.63) is 52.0 Å². The fourth-order valence-corrected chi connectivity index (χ4v) is 10.5. The van der Waals surface area contributed by atoms with Gasteiger partial charge in [0, 0.05) is 38.7 Å². The molecule has 5 aliphatic heterocycles. The molecule has 2 aliphatic carbocycles. The van der Waals surface area contributed by atoms with Crippen LogP contribution in [-0.2, 0) is 38.0 Å². The zero-order valence-electron chi connectivity index (χ0n) is 33.5. The first-order chi connectivity index (χ1) is 26.4. The number of rotatable bonds is 5. The zero-order chi connectivity index (χ0) is 39.1. The number of carbonyl (C=O) groups excluding carboxylic acids is 1. The zero-order valence-corrected chi connectivity index (χ0v) is 33.5. The Labute approximate surface area is 326 Å². The van der Waals surface area contributed by atoms with Crippen molar-refractivity contribution in [1.29, 1.82) is 0 Å². The number of hydrogen-bond acceptors (Lipinski definition) is 12. The fourth-order valence-electron chi connectivity index (χ4n) is 10.5. The number of nitroso groups, excluding NO2 is 1. The minimum atomic E-state index is -1.83. The number of allylic oxidation sites excluding steroid dienone is 2. The second-order valence-corrected chi connectivity index (χ2v) is 17.6. The molecule has 0 radical (unpaired) electrons. The summed E-state index contributed by atoms with van der Waals surface area (Å²) in [6.45, 7) is 9.98. The van der Waals surface area contributed by atoms with Gasteiger partial charge in [0.25, 0.3) is 0 Å². The number of carbonyl (C=O) groups is 1. The smallest absolute Gasteiger partial charge is 0.316 e. The molecular weight excluding hydrogens is 706 g/mol. The number of fused-ring (bicyclic) bond motifs is 2. The van der Waals surface area contributed by atoms with E-state index in [1.165, 1.54) is 19.3 Å². The third-order valence-corrected chi connectivity index (χ3v) is 13.7. The minimum Gasteiger partial charge on any atom is -0.462 e. The Hall–Kier alpha value is -2.29. The van der Waals surface area contributed by atoms with Crippen molar-refractivity contribution in [1.82, 2.24) is 0 Å². The number of hydrogen-bond donors (Lipinski definition) is 2. The van der Waals surface area contributed by atoms with Crippen molar-refractivity contribution in [3.63, 3.8) is 0 Å². The van der Waals surface area contributed by atoms with Gasteiger partial charge in [-0.15, -0.1) is 0 Å². The Bertz CT molecular complexity index is 1520. The first-order valence-electron chi connectivity index (χ1n) is 20.8. The summed E-state index contributed by atoms with van der Waals surface area (Å²) >= 11 is 0. The van der Waals surface area contributed by atoms with E-state index in [2.05, 4.69) is 25.1 Å². The largest absolute Gasteiger partial charge is 0.462 e. The summed E-state index contributed by atoms with van der Waals surface area (Å²) in [6, 6.07) is -0.948. The second-order valence-electron chi connectivity index (χ2n) is 17.6. The minimum absolute atomic E-state index is 0.0290. The van der Waals surface area contributed by atoms with Crippen LogP contribution in [0.1, 0.15) is 105 Å². The molecule has 2 N–H and O–H groups in total. The predicted molar refractivity (Wildman–Crippen MR) is 203 cm³/mol. The Kier molecular flexibility index (Phi) is 12.6. The van der Waals surface area contributed by atoms with Crippen LogP contribution in [0.4, 0.5) is 0 Å². The summed E-state index contributed by atoms with van der Waals surface area (Å²) in [5, 5.41) is 26.5.